The van der Waals surface area contributed by atoms with Crippen LogP contribution in [0.3, 0.4) is 0 Å². The van der Waals surface area contributed by atoms with E-state index in [1.54, 1.807) is 6.92 Å². The van der Waals surface area contributed by atoms with E-state index in [1.165, 1.54) is 0 Å². The molecule has 1 saturated heterocycles. The Hall–Kier alpha value is -4.17. The molecule has 3 aromatic carbocycles. The average molecular weight is 570 g/mol. The van der Waals surface area contributed by atoms with Gasteiger partial charge in [0.05, 0.1) is 0 Å². The summed E-state index contributed by atoms with van der Waals surface area (Å²) < 4.78 is 5.71. The van der Waals surface area contributed by atoms with E-state index in [9.17, 15) is 19.5 Å². The van der Waals surface area contributed by atoms with Gasteiger partial charge in [-0.3, -0.25) is 9.69 Å². The molecule has 1 fully saturated rings. The first-order valence-corrected chi connectivity index (χ1v) is 14.7. The Morgan fingerprint density at radius 3 is 2.07 bits per heavy atom. The Balaban J connectivity index is 1.23. The Labute approximate surface area is 247 Å². The first kappa shape index (κ1) is 29.3. The van der Waals surface area contributed by atoms with Gasteiger partial charge in [0, 0.05) is 25.6 Å². The molecule has 42 heavy (non-hydrogen) atoms. The molecular formula is C34H39N3O5. The number of amides is 2. The van der Waals surface area contributed by atoms with E-state index in [4.69, 9.17) is 4.74 Å². The first-order chi connectivity index (χ1) is 20.2. The SMILES string of the molecule is CCCC(C)(NC(=O)OCC1c2ccccc2-c2ccccc21)C(=O)NC1(C(=O)O)CCN(Cc2ccccc2)CC1. The van der Waals surface area contributed by atoms with Crippen LogP contribution >= 0.6 is 0 Å². The second kappa shape index (κ2) is 12.4. The van der Waals surface area contributed by atoms with Crippen molar-refractivity contribution in [2.75, 3.05) is 19.7 Å². The smallest absolute Gasteiger partial charge is 0.408 e. The highest BCUT2D eigenvalue weighted by molar-refractivity contribution is 5.94. The highest BCUT2D eigenvalue weighted by Crippen LogP contribution is 2.44. The molecule has 0 aromatic heterocycles. The van der Waals surface area contributed by atoms with Gasteiger partial charge in [0.15, 0.2) is 0 Å². The van der Waals surface area contributed by atoms with Crippen LogP contribution in [0.1, 0.15) is 62.1 Å². The van der Waals surface area contributed by atoms with Crippen molar-refractivity contribution in [1.29, 1.82) is 0 Å². The fourth-order valence-corrected chi connectivity index (χ4v) is 6.27. The summed E-state index contributed by atoms with van der Waals surface area (Å²) >= 11 is 0. The maximum Gasteiger partial charge on any atom is 0.408 e. The van der Waals surface area contributed by atoms with Crippen molar-refractivity contribution in [2.24, 2.45) is 0 Å². The van der Waals surface area contributed by atoms with Gasteiger partial charge in [-0.25, -0.2) is 9.59 Å². The fourth-order valence-electron chi connectivity index (χ4n) is 6.27. The highest BCUT2D eigenvalue weighted by atomic mass is 16.5. The molecule has 1 atom stereocenters. The Morgan fingerprint density at radius 1 is 0.929 bits per heavy atom. The van der Waals surface area contributed by atoms with Gasteiger partial charge in [-0.1, -0.05) is 92.2 Å². The number of fused-ring (bicyclic) bond motifs is 3. The molecule has 2 amide bonds. The maximum absolute atomic E-state index is 13.7. The standard InChI is InChI=1S/C34H39N3O5/c1-3-17-33(2,30(38)35-34(31(39)40)18-20-37(21-19-34)22-24-11-5-4-6-12-24)36-32(41)42-23-29-27-15-9-7-13-25(27)26-14-8-10-16-28(26)29/h4-16,29H,3,17-23H2,1-2H3,(H,35,38)(H,36,41)(H,39,40). The van der Waals surface area contributed by atoms with Crippen LogP contribution in [-0.4, -0.2) is 58.8 Å². The van der Waals surface area contributed by atoms with Crippen LogP contribution in [0, 0.1) is 0 Å². The molecule has 5 rings (SSSR count). The van der Waals surface area contributed by atoms with Crippen molar-refractivity contribution >= 4 is 18.0 Å². The molecule has 1 unspecified atom stereocenters. The number of carboxylic acids is 1. The molecule has 3 N–H and O–H groups in total. The lowest BCUT2D eigenvalue weighted by Gasteiger charge is -2.41. The van der Waals surface area contributed by atoms with E-state index < -0.39 is 29.0 Å². The van der Waals surface area contributed by atoms with Gasteiger partial charge in [-0.2, -0.15) is 0 Å². The Bertz CT molecular complexity index is 1390. The van der Waals surface area contributed by atoms with Crippen molar-refractivity contribution in [3.05, 3.63) is 95.6 Å². The summed E-state index contributed by atoms with van der Waals surface area (Å²) in [5, 5.41) is 15.8. The zero-order valence-electron chi connectivity index (χ0n) is 24.3. The molecule has 0 saturated carbocycles. The highest BCUT2D eigenvalue weighted by Gasteiger charge is 2.46. The number of rotatable bonds is 10. The minimum absolute atomic E-state index is 0.106. The van der Waals surface area contributed by atoms with Crippen molar-refractivity contribution in [3.8, 4) is 11.1 Å². The number of ether oxygens (including phenoxy) is 1. The molecule has 0 radical (unpaired) electrons. The number of piperidine rings is 1. The summed E-state index contributed by atoms with van der Waals surface area (Å²) in [6, 6.07) is 26.2. The van der Waals surface area contributed by atoms with Crippen molar-refractivity contribution in [1.82, 2.24) is 15.5 Å². The lowest BCUT2D eigenvalue weighted by molar-refractivity contribution is -0.151. The number of carboxylic acid groups (broad SMARTS) is 1. The zero-order valence-corrected chi connectivity index (χ0v) is 24.3. The number of likely N-dealkylation sites (tertiary alicyclic amines) is 1. The topological polar surface area (TPSA) is 108 Å². The minimum atomic E-state index is -1.40. The normalized spacial score (nSPS) is 17.4. The van der Waals surface area contributed by atoms with Gasteiger partial charge in [0.25, 0.3) is 0 Å². The van der Waals surface area contributed by atoms with Crippen LogP contribution in [0.5, 0.6) is 0 Å². The van der Waals surface area contributed by atoms with Crippen LogP contribution in [-0.2, 0) is 20.9 Å². The van der Waals surface area contributed by atoms with Gasteiger partial charge >= 0.3 is 12.1 Å². The molecule has 8 heteroatoms. The molecule has 1 heterocycles. The van der Waals surface area contributed by atoms with Crippen molar-refractivity contribution < 1.29 is 24.2 Å². The molecular weight excluding hydrogens is 530 g/mol. The molecule has 1 aliphatic carbocycles. The van der Waals surface area contributed by atoms with Crippen LogP contribution in [0.4, 0.5) is 4.79 Å². The summed E-state index contributed by atoms with van der Waals surface area (Å²) in [5.74, 6) is -1.68. The number of aliphatic carboxylic acids is 1. The van der Waals surface area contributed by atoms with Gasteiger partial charge < -0.3 is 20.5 Å². The number of alkyl carbamates (subject to hydrolysis) is 1. The van der Waals surface area contributed by atoms with Crippen LogP contribution in [0.15, 0.2) is 78.9 Å². The summed E-state index contributed by atoms with van der Waals surface area (Å²) in [6.07, 6.45) is 0.782. The van der Waals surface area contributed by atoms with Gasteiger partial charge in [-0.15, -0.1) is 0 Å². The lowest BCUT2D eigenvalue weighted by Crippen LogP contribution is -2.66. The predicted molar refractivity (Wildman–Crippen MR) is 161 cm³/mol. The molecule has 2 aliphatic rings. The molecule has 3 aromatic rings. The number of carbonyl (C=O) groups excluding carboxylic acids is 2. The van der Waals surface area contributed by atoms with Gasteiger partial charge in [0.2, 0.25) is 5.91 Å². The van der Waals surface area contributed by atoms with E-state index >= 15 is 0 Å². The molecule has 0 bridgehead atoms. The minimum Gasteiger partial charge on any atom is -0.480 e. The van der Waals surface area contributed by atoms with E-state index in [0.29, 0.717) is 25.9 Å². The predicted octanol–water partition coefficient (Wildman–Crippen LogP) is 5.32. The summed E-state index contributed by atoms with van der Waals surface area (Å²) in [7, 11) is 0. The summed E-state index contributed by atoms with van der Waals surface area (Å²) in [6.45, 7) is 5.46. The molecule has 8 nitrogen and oxygen atoms in total. The fraction of sp³-hybridized carbons (Fsp3) is 0.382. The lowest BCUT2D eigenvalue weighted by atomic mass is 9.85. The number of benzene rings is 3. The first-order valence-electron chi connectivity index (χ1n) is 14.7. The maximum atomic E-state index is 13.7. The van der Waals surface area contributed by atoms with Crippen molar-refractivity contribution in [2.45, 2.75) is 63.1 Å². The zero-order chi connectivity index (χ0) is 29.7. The van der Waals surface area contributed by atoms with Crippen LogP contribution in [0.25, 0.3) is 11.1 Å². The monoisotopic (exact) mass is 569 g/mol. The molecule has 0 spiro atoms. The third kappa shape index (κ3) is 6.04. The number of nitrogens with one attached hydrogen (secondary N) is 2. The van der Waals surface area contributed by atoms with Gasteiger partial charge in [-0.05, 0) is 54.0 Å². The van der Waals surface area contributed by atoms with Crippen molar-refractivity contribution in [3.63, 3.8) is 0 Å². The van der Waals surface area contributed by atoms with Gasteiger partial charge in [0.1, 0.15) is 17.7 Å². The van der Waals surface area contributed by atoms with E-state index in [-0.39, 0.29) is 25.4 Å². The Kier molecular flexibility index (Phi) is 8.64. The summed E-state index contributed by atoms with van der Waals surface area (Å²) in [4.78, 5) is 41.5. The van der Waals surface area contributed by atoms with E-state index in [2.05, 4.69) is 27.7 Å². The van der Waals surface area contributed by atoms with E-state index in [0.717, 1.165) is 34.4 Å². The molecule has 1 aliphatic heterocycles. The number of hydrogen-bond donors (Lipinski definition) is 3. The second-order valence-electron chi connectivity index (χ2n) is 11.6. The van der Waals surface area contributed by atoms with Crippen LogP contribution in [0.2, 0.25) is 0 Å². The number of nitrogens with zero attached hydrogens (tertiary/aromatic N) is 1. The summed E-state index contributed by atoms with van der Waals surface area (Å²) in [5.41, 5.74) is 2.89. The van der Waals surface area contributed by atoms with Crippen LogP contribution < -0.4 is 10.6 Å². The largest absolute Gasteiger partial charge is 0.480 e. The quantitative estimate of drug-likeness (QED) is 0.305. The molecule has 220 valence electrons. The number of carbonyl (C=O) groups is 3. The Morgan fingerprint density at radius 2 is 1.50 bits per heavy atom. The second-order valence-corrected chi connectivity index (χ2v) is 11.6. The third-order valence-corrected chi connectivity index (χ3v) is 8.69. The third-order valence-electron chi connectivity index (χ3n) is 8.69. The number of hydrogen-bond acceptors (Lipinski definition) is 5. The van der Waals surface area contributed by atoms with E-state index in [1.807, 2.05) is 73.7 Å². The average Bonchev–Trinajstić information content (AvgIpc) is 3.31.